The topological polar surface area (TPSA) is 21.7 Å². The minimum absolute atomic E-state index is 0.218. The monoisotopic (exact) mass is 311 g/mol. The van der Waals surface area contributed by atoms with E-state index in [2.05, 4.69) is 53.4 Å². The van der Waals surface area contributed by atoms with Crippen molar-refractivity contribution in [1.82, 2.24) is 0 Å². The van der Waals surface area contributed by atoms with Crippen molar-refractivity contribution in [3.63, 3.8) is 0 Å². The van der Waals surface area contributed by atoms with Crippen molar-refractivity contribution in [2.24, 2.45) is 0 Å². The van der Waals surface area contributed by atoms with Gasteiger partial charge in [0.05, 0.1) is 6.54 Å². The molecule has 0 N–H and O–H groups in total. The minimum atomic E-state index is -0.218. The molecule has 1 heterocycles. The minimum Gasteiger partial charge on any atom is -0.351 e. The van der Waals surface area contributed by atoms with Crippen LogP contribution in [0.15, 0.2) is 48.5 Å². The fourth-order valence-electron chi connectivity index (χ4n) is 3.24. The Bertz CT molecular complexity index is 588. The molecule has 0 spiro atoms. The van der Waals surface area contributed by atoms with Crippen molar-refractivity contribution in [2.45, 2.75) is 33.0 Å². The van der Waals surface area contributed by atoms with E-state index in [1.807, 2.05) is 13.8 Å². The van der Waals surface area contributed by atoms with Gasteiger partial charge in [0.1, 0.15) is 0 Å². The van der Waals surface area contributed by atoms with E-state index in [9.17, 15) is 0 Å². The van der Waals surface area contributed by atoms with Crippen LogP contribution < -0.4 is 4.90 Å². The van der Waals surface area contributed by atoms with Crippen LogP contribution in [0.4, 0.5) is 11.4 Å². The predicted molar refractivity (Wildman–Crippen MR) is 94.3 cm³/mol. The Morgan fingerprint density at radius 1 is 0.826 bits per heavy atom. The second kappa shape index (κ2) is 7.62. The van der Waals surface area contributed by atoms with Gasteiger partial charge in [-0.1, -0.05) is 36.4 Å². The molecule has 0 amide bonds. The molecule has 3 heteroatoms. The molecule has 0 saturated heterocycles. The van der Waals surface area contributed by atoms with E-state index in [0.29, 0.717) is 19.8 Å². The third kappa shape index (κ3) is 3.57. The van der Waals surface area contributed by atoms with E-state index >= 15 is 0 Å². The first-order chi connectivity index (χ1) is 11.3. The molecule has 1 aliphatic rings. The number of aryl methyl sites for hydroxylation is 2. The Kier molecular flexibility index (Phi) is 5.31. The van der Waals surface area contributed by atoms with Gasteiger partial charge in [0.15, 0.2) is 6.29 Å². The summed E-state index contributed by atoms with van der Waals surface area (Å²) >= 11 is 0. The Balaban J connectivity index is 1.99. The first-order valence-electron chi connectivity index (χ1n) is 8.50. The first kappa shape index (κ1) is 16.0. The molecule has 0 saturated carbocycles. The van der Waals surface area contributed by atoms with Crippen LogP contribution in [0.2, 0.25) is 0 Å². The third-order valence-corrected chi connectivity index (χ3v) is 4.27. The summed E-state index contributed by atoms with van der Waals surface area (Å²) in [7, 11) is 0. The van der Waals surface area contributed by atoms with Gasteiger partial charge in [-0.25, -0.2) is 0 Å². The average Bonchev–Trinajstić information content (AvgIpc) is 2.73. The molecule has 122 valence electrons. The number of para-hydroxylation sites is 2. The lowest BCUT2D eigenvalue weighted by Crippen LogP contribution is -2.33. The molecule has 23 heavy (non-hydrogen) atoms. The summed E-state index contributed by atoms with van der Waals surface area (Å²) in [6, 6.07) is 17.3. The molecule has 0 atom stereocenters. The Morgan fingerprint density at radius 3 is 1.78 bits per heavy atom. The average molecular weight is 311 g/mol. The molecule has 3 nitrogen and oxygen atoms in total. The maximum atomic E-state index is 5.79. The number of benzene rings is 2. The molecular formula is C20H25NO2. The van der Waals surface area contributed by atoms with E-state index in [-0.39, 0.29) is 6.29 Å². The highest BCUT2D eigenvalue weighted by molar-refractivity contribution is 5.71. The number of nitrogens with zero attached hydrogens (tertiary/aromatic N) is 1. The van der Waals surface area contributed by atoms with E-state index in [4.69, 9.17) is 9.47 Å². The van der Waals surface area contributed by atoms with Gasteiger partial charge in [0, 0.05) is 24.6 Å². The Hall–Kier alpha value is -1.84. The third-order valence-electron chi connectivity index (χ3n) is 4.27. The lowest BCUT2D eigenvalue weighted by atomic mass is 10.0. The molecule has 2 aromatic carbocycles. The lowest BCUT2D eigenvalue weighted by Gasteiger charge is -2.30. The largest absolute Gasteiger partial charge is 0.351 e. The highest BCUT2D eigenvalue weighted by Gasteiger charge is 2.23. The lowest BCUT2D eigenvalue weighted by molar-refractivity contribution is -0.128. The summed E-state index contributed by atoms with van der Waals surface area (Å²) in [6.45, 7) is 6.03. The molecule has 3 rings (SSSR count). The summed E-state index contributed by atoms with van der Waals surface area (Å²) in [4.78, 5) is 2.35. The van der Waals surface area contributed by atoms with Crippen LogP contribution in [0.3, 0.4) is 0 Å². The fraction of sp³-hybridized carbons (Fsp3) is 0.400. The van der Waals surface area contributed by atoms with Crippen LogP contribution in [0.5, 0.6) is 0 Å². The van der Waals surface area contributed by atoms with Gasteiger partial charge >= 0.3 is 0 Å². The molecule has 1 aliphatic heterocycles. The van der Waals surface area contributed by atoms with Gasteiger partial charge in [0.25, 0.3) is 0 Å². The SMILES string of the molecule is CCOC(CN1c2ccccc2CCc2ccccc21)OCC. The number of fused-ring (bicyclic) bond motifs is 2. The number of anilines is 2. The van der Waals surface area contributed by atoms with Crippen LogP contribution in [-0.2, 0) is 22.3 Å². The highest BCUT2D eigenvalue weighted by atomic mass is 16.7. The first-order valence-corrected chi connectivity index (χ1v) is 8.50. The van der Waals surface area contributed by atoms with Crippen molar-refractivity contribution in [1.29, 1.82) is 0 Å². The highest BCUT2D eigenvalue weighted by Crippen LogP contribution is 2.36. The standard InChI is InChI=1S/C20H25NO2/c1-3-22-20(23-4-2)15-21-18-11-7-5-9-16(18)13-14-17-10-6-8-12-19(17)21/h5-12,20H,3-4,13-15H2,1-2H3. The quantitative estimate of drug-likeness (QED) is 0.742. The van der Waals surface area contributed by atoms with Crippen LogP contribution >= 0.6 is 0 Å². The zero-order valence-electron chi connectivity index (χ0n) is 14.0. The van der Waals surface area contributed by atoms with Gasteiger partial charge in [-0.3, -0.25) is 0 Å². The molecular weight excluding hydrogens is 286 g/mol. The second-order valence-electron chi connectivity index (χ2n) is 5.71. The number of ether oxygens (including phenoxy) is 2. The van der Waals surface area contributed by atoms with Crippen molar-refractivity contribution in [2.75, 3.05) is 24.7 Å². The van der Waals surface area contributed by atoms with E-state index in [0.717, 1.165) is 12.8 Å². The molecule has 0 aliphatic carbocycles. The van der Waals surface area contributed by atoms with Gasteiger partial charge in [-0.2, -0.15) is 0 Å². The van der Waals surface area contributed by atoms with E-state index in [1.54, 1.807) is 0 Å². The zero-order valence-corrected chi connectivity index (χ0v) is 14.0. The number of hydrogen-bond acceptors (Lipinski definition) is 3. The summed E-state index contributed by atoms with van der Waals surface area (Å²) in [6.07, 6.45) is 1.92. The smallest absolute Gasteiger partial charge is 0.175 e. The van der Waals surface area contributed by atoms with Gasteiger partial charge in [-0.15, -0.1) is 0 Å². The molecule has 0 aromatic heterocycles. The molecule has 0 radical (unpaired) electrons. The summed E-state index contributed by atoms with van der Waals surface area (Å²) < 4.78 is 11.6. The van der Waals surface area contributed by atoms with Gasteiger partial charge in [-0.05, 0) is 49.9 Å². The fourth-order valence-corrected chi connectivity index (χ4v) is 3.24. The molecule has 2 aromatic rings. The normalized spacial score (nSPS) is 13.6. The van der Waals surface area contributed by atoms with Crippen LogP contribution in [0.1, 0.15) is 25.0 Å². The number of rotatable bonds is 6. The van der Waals surface area contributed by atoms with E-state index in [1.165, 1.54) is 22.5 Å². The molecule has 0 bridgehead atoms. The van der Waals surface area contributed by atoms with Crippen LogP contribution in [0.25, 0.3) is 0 Å². The van der Waals surface area contributed by atoms with Gasteiger partial charge in [0.2, 0.25) is 0 Å². The van der Waals surface area contributed by atoms with Crippen molar-refractivity contribution < 1.29 is 9.47 Å². The maximum absolute atomic E-state index is 5.79. The number of hydrogen-bond donors (Lipinski definition) is 0. The van der Waals surface area contributed by atoms with Crippen molar-refractivity contribution >= 4 is 11.4 Å². The van der Waals surface area contributed by atoms with Gasteiger partial charge < -0.3 is 14.4 Å². The summed E-state index contributed by atoms with van der Waals surface area (Å²) in [5, 5.41) is 0. The zero-order chi connectivity index (χ0) is 16.1. The maximum Gasteiger partial charge on any atom is 0.175 e. The summed E-state index contributed by atoms with van der Waals surface area (Å²) in [5.41, 5.74) is 5.30. The van der Waals surface area contributed by atoms with Crippen molar-refractivity contribution in [3.8, 4) is 0 Å². The Labute approximate surface area is 138 Å². The molecule has 0 unspecified atom stereocenters. The summed E-state index contributed by atoms with van der Waals surface area (Å²) in [5.74, 6) is 0. The van der Waals surface area contributed by atoms with Crippen LogP contribution in [0, 0.1) is 0 Å². The Morgan fingerprint density at radius 2 is 1.30 bits per heavy atom. The second-order valence-corrected chi connectivity index (χ2v) is 5.71. The van der Waals surface area contributed by atoms with Crippen LogP contribution in [-0.4, -0.2) is 26.0 Å². The molecule has 0 fully saturated rings. The van der Waals surface area contributed by atoms with E-state index < -0.39 is 0 Å². The van der Waals surface area contributed by atoms with Crippen molar-refractivity contribution in [3.05, 3.63) is 59.7 Å². The predicted octanol–water partition coefficient (Wildman–Crippen LogP) is 4.32.